The average Bonchev–Trinajstić information content (AvgIpc) is 3.04. The number of anilines is 2. The Morgan fingerprint density at radius 1 is 1.03 bits per heavy atom. The molecule has 1 heterocycles. The highest BCUT2D eigenvalue weighted by Crippen LogP contribution is 2.40. The zero-order valence-corrected chi connectivity index (χ0v) is 17.0. The van der Waals surface area contributed by atoms with Crippen LogP contribution in [0.25, 0.3) is 0 Å². The van der Waals surface area contributed by atoms with Gasteiger partial charge in [0.05, 0.1) is 23.1 Å². The number of rotatable bonds is 5. The number of amides is 3. The Hall–Kier alpha value is -3.74. The number of esters is 1. The summed E-state index contributed by atoms with van der Waals surface area (Å²) >= 11 is 0. The van der Waals surface area contributed by atoms with E-state index < -0.39 is 18.5 Å². The van der Waals surface area contributed by atoms with Crippen LogP contribution >= 0.6 is 0 Å². The fourth-order valence-corrected chi connectivity index (χ4v) is 4.08. The van der Waals surface area contributed by atoms with Crippen LogP contribution in [0.15, 0.2) is 66.7 Å². The maximum Gasteiger partial charge on any atom is 0.338 e. The minimum atomic E-state index is -0.666. The third-order valence-electron chi connectivity index (χ3n) is 5.63. The topological polar surface area (TPSA) is 92.8 Å². The van der Waals surface area contributed by atoms with Gasteiger partial charge in [-0.3, -0.25) is 19.3 Å². The second-order valence-electron chi connectivity index (χ2n) is 7.70. The van der Waals surface area contributed by atoms with Crippen molar-refractivity contribution >= 4 is 35.1 Å². The maximum absolute atomic E-state index is 12.8. The van der Waals surface area contributed by atoms with Gasteiger partial charge in [-0.25, -0.2) is 4.79 Å². The molecule has 158 valence electrons. The number of ether oxygens (including phenoxy) is 1. The molecule has 0 spiro atoms. The first-order valence-corrected chi connectivity index (χ1v) is 10.1. The molecular weight excluding hydrogens is 396 g/mol. The van der Waals surface area contributed by atoms with E-state index in [9.17, 15) is 19.2 Å². The van der Waals surface area contributed by atoms with Gasteiger partial charge in [-0.05, 0) is 48.7 Å². The quantitative estimate of drug-likeness (QED) is 0.457. The van der Waals surface area contributed by atoms with E-state index in [0.29, 0.717) is 17.8 Å². The van der Waals surface area contributed by atoms with Gasteiger partial charge in [-0.15, -0.1) is 0 Å². The van der Waals surface area contributed by atoms with Crippen LogP contribution in [-0.2, 0) is 19.1 Å². The molecule has 0 radical (unpaired) electrons. The van der Waals surface area contributed by atoms with Crippen LogP contribution in [-0.4, -0.2) is 30.3 Å². The fourth-order valence-electron chi connectivity index (χ4n) is 4.08. The predicted octanol–water partition coefficient (Wildman–Crippen LogP) is 3.18. The van der Waals surface area contributed by atoms with Gasteiger partial charge in [0.1, 0.15) is 0 Å². The number of carbonyl (C=O) groups excluding carboxylic acids is 4. The van der Waals surface area contributed by atoms with Crippen molar-refractivity contribution in [3.05, 3.63) is 72.3 Å². The largest absolute Gasteiger partial charge is 0.452 e. The molecule has 1 aliphatic carbocycles. The Balaban J connectivity index is 1.38. The normalized spacial score (nSPS) is 22.2. The van der Waals surface area contributed by atoms with Crippen molar-refractivity contribution in [3.8, 4) is 0 Å². The third kappa shape index (κ3) is 4.12. The molecule has 1 saturated heterocycles. The summed E-state index contributed by atoms with van der Waals surface area (Å²) in [5, 5.41) is 2.63. The van der Waals surface area contributed by atoms with Crippen molar-refractivity contribution in [2.24, 2.45) is 17.8 Å². The molecule has 0 aromatic heterocycles. The highest BCUT2D eigenvalue weighted by molar-refractivity contribution is 6.22. The summed E-state index contributed by atoms with van der Waals surface area (Å²) < 4.78 is 5.05. The fraction of sp³-hybridized carbons (Fsp3) is 0.250. The van der Waals surface area contributed by atoms with Crippen molar-refractivity contribution in [3.63, 3.8) is 0 Å². The number of fused-ring (bicyclic) bond motifs is 1. The van der Waals surface area contributed by atoms with E-state index in [2.05, 4.69) is 5.32 Å². The summed E-state index contributed by atoms with van der Waals surface area (Å²) in [5.41, 5.74) is 1.26. The maximum atomic E-state index is 12.8. The van der Waals surface area contributed by atoms with Crippen molar-refractivity contribution in [2.75, 3.05) is 16.8 Å². The minimum Gasteiger partial charge on any atom is -0.452 e. The van der Waals surface area contributed by atoms with E-state index in [0.717, 1.165) is 0 Å². The number of nitrogens with zero attached hydrogens (tertiary/aromatic N) is 1. The Morgan fingerprint density at radius 3 is 2.42 bits per heavy atom. The summed E-state index contributed by atoms with van der Waals surface area (Å²) in [4.78, 5) is 51.0. The SMILES string of the molecule is C[C@@H]1C=CC[C@H]2C(=O)N(c3ccc(C(=O)OCC(=O)Nc4ccccc4)cc3)C(=O)[C@@H]12. The average molecular weight is 418 g/mol. The second-order valence-corrected chi connectivity index (χ2v) is 7.70. The molecule has 0 bridgehead atoms. The predicted molar refractivity (Wildman–Crippen MR) is 114 cm³/mol. The van der Waals surface area contributed by atoms with Crippen LogP contribution in [0, 0.1) is 17.8 Å². The van der Waals surface area contributed by atoms with E-state index in [4.69, 9.17) is 4.74 Å². The Labute approximate surface area is 179 Å². The van der Waals surface area contributed by atoms with Crippen LogP contribution in [0.2, 0.25) is 0 Å². The summed E-state index contributed by atoms with van der Waals surface area (Å²) in [6, 6.07) is 14.9. The molecule has 4 rings (SSSR count). The summed E-state index contributed by atoms with van der Waals surface area (Å²) in [5.74, 6) is -2.20. The molecule has 2 aromatic rings. The highest BCUT2D eigenvalue weighted by atomic mass is 16.5. The van der Waals surface area contributed by atoms with Crippen molar-refractivity contribution < 1.29 is 23.9 Å². The number of carbonyl (C=O) groups is 4. The molecule has 1 N–H and O–H groups in total. The molecule has 2 aromatic carbocycles. The van der Waals surface area contributed by atoms with Crippen LogP contribution in [0.4, 0.5) is 11.4 Å². The summed E-state index contributed by atoms with van der Waals surface area (Å²) in [6.45, 7) is 1.52. The number of imide groups is 1. The van der Waals surface area contributed by atoms with Crippen LogP contribution in [0.1, 0.15) is 23.7 Å². The summed E-state index contributed by atoms with van der Waals surface area (Å²) in [7, 11) is 0. The lowest BCUT2D eigenvalue weighted by Crippen LogP contribution is -2.31. The van der Waals surface area contributed by atoms with Gasteiger partial charge < -0.3 is 10.1 Å². The number of para-hydroxylation sites is 1. The minimum absolute atomic E-state index is 0.0106. The third-order valence-corrected chi connectivity index (χ3v) is 5.63. The standard InChI is InChI=1S/C24H22N2O5/c1-15-6-5-9-19-21(15)23(29)26(22(19)28)18-12-10-16(11-13-18)24(30)31-14-20(27)25-17-7-3-2-4-8-17/h2-8,10-13,15,19,21H,9,14H2,1H3,(H,25,27)/t15-,19-,21+/m1/s1. The molecule has 0 unspecified atom stereocenters. The Bertz CT molecular complexity index is 1050. The molecule has 1 fully saturated rings. The number of hydrogen-bond acceptors (Lipinski definition) is 5. The van der Waals surface area contributed by atoms with E-state index >= 15 is 0 Å². The second kappa shape index (κ2) is 8.55. The van der Waals surface area contributed by atoms with Crippen molar-refractivity contribution in [1.29, 1.82) is 0 Å². The van der Waals surface area contributed by atoms with Gasteiger partial charge in [0.25, 0.3) is 5.91 Å². The number of hydrogen-bond donors (Lipinski definition) is 1. The molecule has 31 heavy (non-hydrogen) atoms. The molecule has 3 atom stereocenters. The van der Waals surface area contributed by atoms with Gasteiger partial charge in [-0.1, -0.05) is 37.3 Å². The van der Waals surface area contributed by atoms with Crippen molar-refractivity contribution in [2.45, 2.75) is 13.3 Å². The molecule has 7 nitrogen and oxygen atoms in total. The first-order chi connectivity index (χ1) is 15.0. The van der Waals surface area contributed by atoms with Gasteiger partial charge in [0.2, 0.25) is 11.8 Å². The lowest BCUT2D eigenvalue weighted by molar-refractivity contribution is -0.123. The lowest BCUT2D eigenvalue weighted by Gasteiger charge is -2.22. The van der Waals surface area contributed by atoms with Crippen LogP contribution in [0.3, 0.4) is 0 Å². The van der Waals surface area contributed by atoms with E-state index in [1.807, 2.05) is 25.1 Å². The van der Waals surface area contributed by atoms with Gasteiger partial charge in [-0.2, -0.15) is 0 Å². The molecule has 1 aliphatic heterocycles. The van der Waals surface area contributed by atoms with Crippen LogP contribution < -0.4 is 10.2 Å². The molecule has 2 aliphatic rings. The lowest BCUT2D eigenvalue weighted by atomic mass is 9.78. The zero-order valence-electron chi connectivity index (χ0n) is 17.0. The van der Waals surface area contributed by atoms with Gasteiger partial charge in [0, 0.05) is 5.69 Å². The van der Waals surface area contributed by atoms with Gasteiger partial charge in [0.15, 0.2) is 6.61 Å². The van der Waals surface area contributed by atoms with E-state index in [1.54, 1.807) is 36.4 Å². The highest BCUT2D eigenvalue weighted by Gasteiger charge is 2.50. The van der Waals surface area contributed by atoms with Crippen molar-refractivity contribution in [1.82, 2.24) is 0 Å². The van der Waals surface area contributed by atoms with E-state index in [1.165, 1.54) is 17.0 Å². The monoisotopic (exact) mass is 418 g/mol. The van der Waals surface area contributed by atoms with Crippen LogP contribution in [0.5, 0.6) is 0 Å². The molecule has 0 saturated carbocycles. The number of nitrogens with one attached hydrogen (secondary N) is 1. The van der Waals surface area contributed by atoms with Gasteiger partial charge >= 0.3 is 5.97 Å². The Kier molecular flexibility index (Phi) is 5.66. The Morgan fingerprint density at radius 2 is 1.74 bits per heavy atom. The smallest absolute Gasteiger partial charge is 0.338 e. The number of allylic oxidation sites excluding steroid dienone is 2. The molecular formula is C24H22N2O5. The first-order valence-electron chi connectivity index (χ1n) is 10.1. The molecule has 3 amide bonds. The van der Waals surface area contributed by atoms with E-state index in [-0.39, 0.29) is 35.1 Å². The number of benzene rings is 2. The summed E-state index contributed by atoms with van der Waals surface area (Å²) in [6.07, 6.45) is 4.49. The zero-order chi connectivity index (χ0) is 22.0. The molecule has 7 heteroatoms. The first kappa shape index (κ1) is 20.5.